The third kappa shape index (κ3) is 4.00. The van der Waals surface area contributed by atoms with E-state index in [-0.39, 0.29) is 12.4 Å². The van der Waals surface area contributed by atoms with Crippen LogP contribution in [-0.2, 0) is 12.8 Å². The van der Waals surface area contributed by atoms with Gasteiger partial charge in [-0.2, -0.15) is 13.2 Å². The Morgan fingerprint density at radius 1 is 1.00 bits per heavy atom. The molecule has 0 aliphatic carbocycles. The van der Waals surface area contributed by atoms with Gasteiger partial charge >= 0.3 is 6.18 Å². The van der Waals surface area contributed by atoms with E-state index in [0.717, 1.165) is 43.9 Å². The Bertz CT molecular complexity index is 668. The summed E-state index contributed by atoms with van der Waals surface area (Å²) in [5.41, 5.74) is 0.936. The Morgan fingerprint density at radius 2 is 1.71 bits per heavy atom. The van der Waals surface area contributed by atoms with Crippen molar-refractivity contribution < 1.29 is 17.9 Å². The first kappa shape index (κ1) is 16.6. The van der Waals surface area contributed by atoms with Gasteiger partial charge in [0.05, 0.1) is 11.3 Å². The maximum absolute atomic E-state index is 13.0. The number of ether oxygens (including phenoxy) is 1. The third-order valence-corrected chi connectivity index (χ3v) is 3.98. The second-order valence-electron chi connectivity index (χ2n) is 5.69. The van der Waals surface area contributed by atoms with E-state index >= 15 is 0 Å². The molecule has 0 aromatic heterocycles. The molecule has 1 N–H and O–H groups in total. The molecule has 1 aliphatic rings. The Balaban J connectivity index is 1.86. The molecule has 0 unspecified atom stereocenters. The van der Waals surface area contributed by atoms with Crippen LogP contribution >= 0.6 is 0 Å². The van der Waals surface area contributed by atoms with E-state index in [4.69, 9.17) is 4.74 Å². The lowest BCUT2D eigenvalue weighted by Gasteiger charge is -2.31. The molecule has 1 saturated heterocycles. The molecule has 0 radical (unpaired) electrons. The fourth-order valence-corrected chi connectivity index (χ4v) is 2.71. The molecule has 0 saturated carbocycles. The molecule has 0 atom stereocenters. The molecular weight excluding hydrogens is 317 g/mol. The number of hydrogen-bond donors (Lipinski definition) is 1. The SMILES string of the molecule is FC(F)(F)c1ccc(N2CCNCC2)c(OCc2ccccc2)c1. The smallest absolute Gasteiger partial charge is 0.416 e. The van der Waals surface area contributed by atoms with Gasteiger partial charge in [-0.25, -0.2) is 0 Å². The van der Waals surface area contributed by atoms with E-state index in [0.29, 0.717) is 5.69 Å². The van der Waals surface area contributed by atoms with Crippen LogP contribution in [0.5, 0.6) is 5.75 Å². The minimum Gasteiger partial charge on any atom is -0.487 e. The van der Waals surface area contributed by atoms with E-state index in [1.807, 2.05) is 30.3 Å². The van der Waals surface area contributed by atoms with Crippen molar-refractivity contribution in [3.63, 3.8) is 0 Å². The Hall–Kier alpha value is -2.21. The average Bonchev–Trinajstić information content (AvgIpc) is 2.60. The zero-order valence-corrected chi connectivity index (χ0v) is 13.1. The molecule has 1 aliphatic heterocycles. The monoisotopic (exact) mass is 336 g/mol. The van der Waals surface area contributed by atoms with Crippen molar-refractivity contribution in [2.45, 2.75) is 12.8 Å². The summed E-state index contributed by atoms with van der Waals surface area (Å²) in [4.78, 5) is 2.05. The maximum atomic E-state index is 13.0. The topological polar surface area (TPSA) is 24.5 Å². The van der Waals surface area contributed by atoms with Crippen molar-refractivity contribution in [2.75, 3.05) is 31.1 Å². The van der Waals surface area contributed by atoms with Crippen LogP contribution in [-0.4, -0.2) is 26.2 Å². The summed E-state index contributed by atoms with van der Waals surface area (Å²) >= 11 is 0. The summed E-state index contributed by atoms with van der Waals surface area (Å²) in [6.07, 6.45) is -4.38. The van der Waals surface area contributed by atoms with E-state index in [2.05, 4.69) is 10.2 Å². The number of benzene rings is 2. The van der Waals surface area contributed by atoms with Gasteiger partial charge in [0.25, 0.3) is 0 Å². The van der Waals surface area contributed by atoms with Crippen LogP contribution < -0.4 is 15.0 Å². The predicted octanol–water partition coefficient (Wildman–Crippen LogP) is 3.69. The van der Waals surface area contributed by atoms with Gasteiger partial charge in [-0.15, -0.1) is 0 Å². The number of piperazine rings is 1. The number of halogens is 3. The number of nitrogens with one attached hydrogen (secondary N) is 1. The first-order valence-corrected chi connectivity index (χ1v) is 7.88. The number of nitrogens with zero attached hydrogens (tertiary/aromatic N) is 1. The standard InChI is InChI=1S/C18H19F3N2O/c19-18(20,21)15-6-7-16(23-10-8-22-9-11-23)17(12-15)24-13-14-4-2-1-3-5-14/h1-7,12,22H,8-11,13H2. The predicted molar refractivity (Wildman–Crippen MR) is 87.3 cm³/mol. The summed E-state index contributed by atoms with van der Waals surface area (Å²) in [5, 5.41) is 3.23. The van der Waals surface area contributed by atoms with Crippen LogP contribution in [0.1, 0.15) is 11.1 Å². The van der Waals surface area contributed by atoms with Gasteiger partial charge in [0.1, 0.15) is 12.4 Å². The van der Waals surface area contributed by atoms with Crippen molar-refractivity contribution in [2.24, 2.45) is 0 Å². The molecule has 2 aromatic rings. The second-order valence-corrected chi connectivity index (χ2v) is 5.69. The van der Waals surface area contributed by atoms with Gasteiger partial charge in [0.15, 0.2) is 0 Å². The molecule has 24 heavy (non-hydrogen) atoms. The Morgan fingerprint density at radius 3 is 2.38 bits per heavy atom. The van der Waals surface area contributed by atoms with Gasteiger partial charge in [0.2, 0.25) is 0 Å². The van der Waals surface area contributed by atoms with Gasteiger partial charge in [0, 0.05) is 26.2 Å². The highest BCUT2D eigenvalue weighted by atomic mass is 19.4. The van der Waals surface area contributed by atoms with Crippen molar-refractivity contribution in [1.82, 2.24) is 5.32 Å². The highest BCUT2D eigenvalue weighted by molar-refractivity contribution is 5.60. The summed E-state index contributed by atoms with van der Waals surface area (Å²) in [7, 11) is 0. The van der Waals surface area contributed by atoms with Crippen LogP contribution in [0.4, 0.5) is 18.9 Å². The summed E-state index contributed by atoms with van der Waals surface area (Å²) in [6, 6.07) is 13.1. The van der Waals surface area contributed by atoms with Crippen LogP contribution in [0.2, 0.25) is 0 Å². The number of anilines is 1. The third-order valence-electron chi connectivity index (χ3n) is 3.98. The molecule has 128 valence electrons. The molecule has 3 nitrogen and oxygen atoms in total. The summed E-state index contributed by atoms with van der Waals surface area (Å²) in [6.45, 7) is 3.33. The molecule has 1 fully saturated rings. The second kappa shape index (κ2) is 7.13. The molecule has 0 bridgehead atoms. The van der Waals surface area contributed by atoms with E-state index < -0.39 is 11.7 Å². The fraction of sp³-hybridized carbons (Fsp3) is 0.333. The lowest BCUT2D eigenvalue weighted by Crippen LogP contribution is -2.43. The van der Waals surface area contributed by atoms with Gasteiger partial charge in [-0.05, 0) is 23.8 Å². The molecular formula is C18H19F3N2O. The van der Waals surface area contributed by atoms with Gasteiger partial charge in [-0.3, -0.25) is 0 Å². The molecule has 6 heteroatoms. The lowest BCUT2D eigenvalue weighted by molar-refractivity contribution is -0.137. The molecule has 0 amide bonds. The summed E-state index contributed by atoms with van der Waals surface area (Å²) < 4.78 is 44.8. The van der Waals surface area contributed by atoms with E-state index in [1.165, 1.54) is 6.07 Å². The maximum Gasteiger partial charge on any atom is 0.416 e. The fourth-order valence-electron chi connectivity index (χ4n) is 2.71. The minimum absolute atomic E-state index is 0.237. The highest BCUT2D eigenvalue weighted by Gasteiger charge is 2.32. The Kier molecular flexibility index (Phi) is 4.94. The Labute approximate surface area is 139 Å². The lowest BCUT2D eigenvalue weighted by atomic mass is 10.1. The first-order valence-electron chi connectivity index (χ1n) is 7.88. The molecule has 3 rings (SSSR count). The average molecular weight is 336 g/mol. The van der Waals surface area contributed by atoms with Crippen molar-refractivity contribution >= 4 is 5.69 Å². The van der Waals surface area contributed by atoms with E-state index in [1.54, 1.807) is 0 Å². The van der Waals surface area contributed by atoms with Crippen molar-refractivity contribution in [1.29, 1.82) is 0 Å². The van der Waals surface area contributed by atoms with Crippen LogP contribution in [0.15, 0.2) is 48.5 Å². The normalized spacial score (nSPS) is 15.4. The van der Waals surface area contributed by atoms with Crippen LogP contribution in [0.3, 0.4) is 0 Å². The number of rotatable bonds is 4. The summed E-state index contributed by atoms with van der Waals surface area (Å²) in [5.74, 6) is 0.274. The minimum atomic E-state index is -4.38. The highest BCUT2D eigenvalue weighted by Crippen LogP contribution is 2.37. The largest absolute Gasteiger partial charge is 0.487 e. The molecule has 0 spiro atoms. The van der Waals surface area contributed by atoms with E-state index in [9.17, 15) is 13.2 Å². The molecule has 1 heterocycles. The number of hydrogen-bond acceptors (Lipinski definition) is 3. The van der Waals surface area contributed by atoms with Crippen molar-refractivity contribution in [3.05, 3.63) is 59.7 Å². The van der Waals surface area contributed by atoms with Crippen LogP contribution in [0.25, 0.3) is 0 Å². The zero-order chi connectivity index (χ0) is 17.0. The van der Waals surface area contributed by atoms with Gasteiger partial charge in [-0.1, -0.05) is 30.3 Å². The number of alkyl halides is 3. The van der Waals surface area contributed by atoms with Gasteiger partial charge < -0.3 is 15.0 Å². The first-order chi connectivity index (χ1) is 11.5. The zero-order valence-electron chi connectivity index (χ0n) is 13.1. The molecule has 2 aromatic carbocycles. The van der Waals surface area contributed by atoms with Crippen molar-refractivity contribution in [3.8, 4) is 5.75 Å². The van der Waals surface area contributed by atoms with Crippen LogP contribution in [0, 0.1) is 0 Å². The quantitative estimate of drug-likeness (QED) is 0.921.